The van der Waals surface area contributed by atoms with Crippen molar-refractivity contribution in [3.8, 4) is 0 Å². The molecule has 0 aromatic heterocycles. The number of β-lactam (4-membered cyclic amide) rings is 1. The van der Waals surface area contributed by atoms with E-state index in [1.807, 2.05) is 36.4 Å². The third-order valence-corrected chi connectivity index (χ3v) is 8.38. The number of carboxylic acid groups (broad SMARTS) is 1. The van der Waals surface area contributed by atoms with E-state index in [0.29, 0.717) is 36.9 Å². The van der Waals surface area contributed by atoms with E-state index in [4.69, 9.17) is 14.6 Å². The van der Waals surface area contributed by atoms with E-state index in [1.54, 1.807) is 29.2 Å². The van der Waals surface area contributed by atoms with Crippen LogP contribution in [0.2, 0.25) is 0 Å². The van der Waals surface area contributed by atoms with Crippen LogP contribution in [0.5, 0.6) is 0 Å². The number of aliphatic hydroxyl groups excluding tert-OH is 1. The molecule has 1 aliphatic rings. The number of carboxylic acids is 1. The zero-order chi connectivity index (χ0) is 34.1. The number of carbonyl (C=O) groups excluding carboxylic acids is 3. The topological polar surface area (TPSA) is 151 Å². The highest BCUT2D eigenvalue weighted by molar-refractivity contribution is 6.03. The Bertz CT molecular complexity index is 1540. The van der Waals surface area contributed by atoms with Crippen molar-refractivity contribution >= 4 is 29.5 Å². The molecule has 3 aromatic carbocycles. The van der Waals surface area contributed by atoms with Crippen LogP contribution in [-0.4, -0.2) is 57.9 Å². The molecule has 0 bridgehead atoms. The predicted octanol–water partition coefficient (Wildman–Crippen LogP) is 4.85. The van der Waals surface area contributed by atoms with Gasteiger partial charge in [0.1, 0.15) is 24.1 Å². The van der Waals surface area contributed by atoms with Crippen molar-refractivity contribution in [2.24, 2.45) is 5.92 Å². The molecule has 0 saturated carbocycles. The van der Waals surface area contributed by atoms with E-state index in [9.17, 15) is 33.8 Å². The minimum atomic E-state index is -1.58. The molecule has 0 radical (unpaired) electrons. The predicted molar refractivity (Wildman–Crippen MR) is 170 cm³/mol. The third-order valence-electron chi connectivity index (χ3n) is 8.38. The van der Waals surface area contributed by atoms with Crippen molar-refractivity contribution in [1.29, 1.82) is 0 Å². The number of nitrogens with zero attached hydrogens (tertiary/aromatic N) is 1. The summed E-state index contributed by atoms with van der Waals surface area (Å²) in [6.07, 6.45) is 0.967. The van der Waals surface area contributed by atoms with Gasteiger partial charge in [-0.3, -0.25) is 19.2 Å². The molecule has 10 nitrogen and oxygen atoms in total. The maximum absolute atomic E-state index is 13.7. The van der Waals surface area contributed by atoms with E-state index >= 15 is 0 Å². The summed E-state index contributed by atoms with van der Waals surface area (Å²) in [4.78, 5) is 49.5. The van der Waals surface area contributed by atoms with Crippen molar-refractivity contribution in [3.05, 3.63) is 101 Å². The molecule has 1 heterocycles. The quantitative estimate of drug-likeness (QED) is 0.146. The Kier molecular flexibility index (Phi) is 11.8. The van der Waals surface area contributed by atoms with Crippen LogP contribution < -0.4 is 4.90 Å². The largest absolute Gasteiger partial charge is 0.481 e. The molecule has 11 heteroatoms. The average molecular weight is 650 g/mol. The first kappa shape index (κ1) is 35.2. The van der Waals surface area contributed by atoms with Crippen molar-refractivity contribution in [2.75, 3.05) is 18.1 Å². The SMILES string of the molecule is CC(=O)OCC(O)(CO)CCc1ccc(C2C(CCC(OC(C)=O)c3ccc(F)cc3)C(=O)N2c2ccc(CCC(=O)O)cc2)cc1. The van der Waals surface area contributed by atoms with Gasteiger partial charge in [0.2, 0.25) is 5.91 Å². The van der Waals surface area contributed by atoms with Gasteiger partial charge in [-0.05, 0) is 78.6 Å². The molecule has 4 unspecified atom stereocenters. The molecule has 4 rings (SSSR count). The number of benzene rings is 3. The van der Waals surface area contributed by atoms with Crippen LogP contribution in [0.15, 0.2) is 72.8 Å². The van der Waals surface area contributed by atoms with Crippen LogP contribution in [0, 0.1) is 11.7 Å². The Morgan fingerprint density at radius 1 is 0.915 bits per heavy atom. The standard InChI is InChI=1S/C36H40FNO9/c1-23(40)46-22-36(45,21-39)20-19-26-3-8-28(9-4-26)34-31(16-17-32(47-24(2)41)27-10-12-29(37)13-11-27)35(44)38(34)30-14-5-25(6-15-30)7-18-33(42)43/h3-6,8-15,31-32,34,39,45H,7,16-22H2,1-2H3,(H,42,43). The van der Waals surface area contributed by atoms with Gasteiger partial charge < -0.3 is 29.7 Å². The van der Waals surface area contributed by atoms with E-state index in [1.165, 1.54) is 26.0 Å². The van der Waals surface area contributed by atoms with Gasteiger partial charge in [-0.25, -0.2) is 4.39 Å². The van der Waals surface area contributed by atoms with E-state index in [0.717, 1.165) is 16.7 Å². The van der Waals surface area contributed by atoms with Crippen molar-refractivity contribution in [2.45, 2.75) is 70.1 Å². The summed E-state index contributed by atoms with van der Waals surface area (Å²) in [5.74, 6) is -2.91. The van der Waals surface area contributed by atoms with Gasteiger partial charge in [0.15, 0.2) is 0 Å². The number of aliphatic hydroxyl groups is 2. The van der Waals surface area contributed by atoms with Crippen LogP contribution in [0.3, 0.4) is 0 Å². The first-order valence-electron chi connectivity index (χ1n) is 15.5. The van der Waals surface area contributed by atoms with Crippen molar-refractivity contribution in [1.82, 2.24) is 0 Å². The molecule has 1 amide bonds. The molecule has 0 spiro atoms. The number of ether oxygens (including phenoxy) is 2. The Morgan fingerprint density at radius 2 is 1.53 bits per heavy atom. The highest BCUT2D eigenvalue weighted by Crippen LogP contribution is 2.46. The summed E-state index contributed by atoms with van der Waals surface area (Å²) < 4.78 is 24.0. The number of amides is 1. The monoisotopic (exact) mass is 649 g/mol. The van der Waals surface area contributed by atoms with Gasteiger partial charge >= 0.3 is 17.9 Å². The number of aryl methyl sites for hydroxylation is 2. The lowest BCUT2D eigenvalue weighted by atomic mass is 9.78. The van der Waals surface area contributed by atoms with Gasteiger partial charge in [-0.15, -0.1) is 0 Å². The first-order valence-corrected chi connectivity index (χ1v) is 15.5. The second-order valence-corrected chi connectivity index (χ2v) is 12.0. The Morgan fingerprint density at radius 3 is 2.11 bits per heavy atom. The molecular formula is C36H40FNO9. The summed E-state index contributed by atoms with van der Waals surface area (Å²) in [5.41, 5.74) is 2.27. The van der Waals surface area contributed by atoms with Gasteiger partial charge in [0, 0.05) is 26.0 Å². The summed E-state index contributed by atoms with van der Waals surface area (Å²) in [7, 11) is 0. The normalized spacial score (nSPS) is 17.7. The molecule has 4 atom stereocenters. The Labute approximate surface area is 272 Å². The zero-order valence-electron chi connectivity index (χ0n) is 26.4. The zero-order valence-corrected chi connectivity index (χ0v) is 26.4. The average Bonchev–Trinajstić information content (AvgIpc) is 3.05. The van der Waals surface area contributed by atoms with Gasteiger partial charge in [-0.1, -0.05) is 48.5 Å². The van der Waals surface area contributed by atoms with Crippen molar-refractivity contribution < 1.29 is 48.4 Å². The van der Waals surface area contributed by atoms with Crippen LogP contribution in [-0.2, 0) is 41.5 Å². The molecule has 1 saturated heterocycles. The molecule has 1 aliphatic heterocycles. The van der Waals surface area contributed by atoms with Gasteiger partial charge in [0.25, 0.3) is 0 Å². The molecular weight excluding hydrogens is 609 g/mol. The lowest BCUT2D eigenvalue weighted by molar-refractivity contribution is -0.152. The van der Waals surface area contributed by atoms with E-state index in [-0.39, 0.29) is 31.4 Å². The number of anilines is 1. The fourth-order valence-electron chi connectivity index (χ4n) is 5.77. The first-order chi connectivity index (χ1) is 22.4. The molecule has 3 aromatic rings. The van der Waals surface area contributed by atoms with E-state index in [2.05, 4.69) is 0 Å². The number of hydrogen-bond acceptors (Lipinski definition) is 8. The fourth-order valence-corrected chi connectivity index (χ4v) is 5.77. The number of aliphatic carboxylic acids is 1. The van der Waals surface area contributed by atoms with Gasteiger partial charge in [0.05, 0.1) is 18.6 Å². The summed E-state index contributed by atoms with van der Waals surface area (Å²) >= 11 is 0. The second-order valence-electron chi connectivity index (χ2n) is 12.0. The van der Waals surface area contributed by atoms with Gasteiger partial charge in [-0.2, -0.15) is 0 Å². The fraction of sp³-hybridized carbons (Fsp3) is 0.389. The number of rotatable bonds is 16. The number of halogens is 1. The third kappa shape index (κ3) is 9.46. The highest BCUT2D eigenvalue weighted by Gasteiger charge is 2.48. The Balaban J connectivity index is 1.55. The lowest BCUT2D eigenvalue weighted by Crippen LogP contribution is -2.55. The molecule has 3 N–H and O–H groups in total. The molecule has 1 fully saturated rings. The van der Waals surface area contributed by atoms with Crippen LogP contribution in [0.1, 0.15) is 73.9 Å². The van der Waals surface area contributed by atoms with E-state index < -0.39 is 48.0 Å². The maximum atomic E-state index is 13.7. The number of hydrogen-bond donors (Lipinski definition) is 3. The minimum absolute atomic E-state index is 0.00392. The van der Waals surface area contributed by atoms with Crippen LogP contribution in [0.4, 0.5) is 10.1 Å². The molecule has 0 aliphatic carbocycles. The Hall–Kier alpha value is -4.61. The molecule has 250 valence electrons. The summed E-state index contributed by atoms with van der Waals surface area (Å²) in [6.45, 7) is 1.64. The van der Waals surface area contributed by atoms with Crippen LogP contribution >= 0.6 is 0 Å². The number of esters is 2. The minimum Gasteiger partial charge on any atom is -0.481 e. The second kappa shape index (κ2) is 15.8. The maximum Gasteiger partial charge on any atom is 0.303 e. The van der Waals surface area contributed by atoms with Crippen molar-refractivity contribution in [3.63, 3.8) is 0 Å². The smallest absolute Gasteiger partial charge is 0.303 e. The summed E-state index contributed by atoms with van der Waals surface area (Å²) in [5, 5.41) is 29.3. The summed E-state index contributed by atoms with van der Waals surface area (Å²) in [6, 6.07) is 20.1. The lowest BCUT2D eigenvalue weighted by Gasteiger charge is -2.48. The number of carbonyl (C=O) groups is 4. The molecule has 47 heavy (non-hydrogen) atoms. The highest BCUT2D eigenvalue weighted by atomic mass is 19.1. The van der Waals surface area contributed by atoms with Crippen LogP contribution in [0.25, 0.3) is 0 Å².